The molecule has 1 saturated heterocycles. The van der Waals surface area contributed by atoms with Crippen molar-refractivity contribution in [2.75, 3.05) is 18.6 Å². The highest BCUT2D eigenvalue weighted by molar-refractivity contribution is 7.99. The Morgan fingerprint density at radius 1 is 1.41 bits per heavy atom. The standard InChI is InChI=1S/C13H22N2S2/c1-13(2,3)11-8-17-12(15-11)5-9-6-16-7-10(9)14-4/h8-10,14H,5-7H2,1-4H3. The lowest BCUT2D eigenvalue weighted by Crippen LogP contribution is -2.33. The van der Waals surface area contributed by atoms with Gasteiger partial charge in [0.2, 0.25) is 0 Å². The summed E-state index contributed by atoms with van der Waals surface area (Å²) >= 11 is 3.89. The van der Waals surface area contributed by atoms with E-state index in [2.05, 4.69) is 50.3 Å². The average molecular weight is 270 g/mol. The average Bonchev–Trinajstić information content (AvgIpc) is 2.86. The maximum absolute atomic E-state index is 4.80. The molecule has 1 aromatic heterocycles. The molecule has 1 aliphatic heterocycles. The molecule has 2 heterocycles. The van der Waals surface area contributed by atoms with Crippen LogP contribution >= 0.6 is 23.1 Å². The second kappa shape index (κ2) is 5.29. The van der Waals surface area contributed by atoms with Crippen LogP contribution in [0.15, 0.2) is 5.38 Å². The van der Waals surface area contributed by atoms with Gasteiger partial charge in [0, 0.05) is 29.0 Å². The fraction of sp³-hybridized carbons (Fsp3) is 0.769. The molecular weight excluding hydrogens is 248 g/mol. The Morgan fingerprint density at radius 3 is 2.76 bits per heavy atom. The van der Waals surface area contributed by atoms with Crippen molar-refractivity contribution in [3.8, 4) is 0 Å². The second-order valence-corrected chi connectivity index (χ2v) is 7.79. The first-order valence-electron chi connectivity index (χ1n) is 6.20. The van der Waals surface area contributed by atoms with E-state index in [4.69, 9.17) is 4.98 Å². The summed E-state index contributed by atoms with van der Waals surface area (Å²) in [6.07, 6.45) is 1.14. The highest BCUT2D eigenvalue weighted by atomic mass is 32.2. The topological polar surface area (TPSA) is 24.9 Å². The maximum atomic E-state index is 4.80. The fourth-order valence-electron chi connectivity index (χ4n) is 2.09. The van der Waals surface area contributed by atoms with Crippen LogP contribution in [-0.2, 0) is 11.8 Å². The van der Waals surface area contributed by atoms with E-state index in [1.807, 2.05) is 11.3 Å². The van der Waals surface area contributed by atoms with Crippen LogP contribution in [0.1, 0.15) is 31.5 Å². The van der Waals surface area contributed by atoms with E-state index in [-0.39, 0.29) is 5.41 Å². The molecule has 2 unspecified atom stereocenters. The fourth-order valence-corrected chi connectivity index (χ4v) is 4.69. The van der Waals surface area contributed by atoms with Crippen LogP contribution in [0.5, 0.6) is 0 Å². The van der Waals surface area contributed by atoms with E-state index in [1.165, 1.54) is 22.2 Å². The van der Waals surface area contributed by atoms with Gasteiger partial charge in [-0.2, -0.15) is 11.8 Å². The first-order valence-corrected chi connectivity index (χ1v) is 8.24. The molecule has 0 bridgehead atoms. The quantitative estimate of drug-likeness (QED) is 0.914. The van der Waals surface area contributed by atoms with Gasteiger partial charge in [-0.05, 0) is 18.7 Å². The largest absolute Gasteiger partial charge is 0.316 e. The summed E-state index contributed by atoms with van der Waals surface area (Å²) < 4.78 is 0. The lowest BCUT2D eigenvalue weighted by atomic mass is 9.93. The van der Waals surface area contributed by atoms with E-state index in [1.54, 1.807) is 0 Å². The van der Waals surface area contributed by atoms with E-state index in [9.17, 15) is 0 Å². The molecular formula is C13H22N2S2. The molecule has 1 fully saturated rings. The van der Waals surface area contributed by atoms with Crippen LogP contribution in [0.4, 0.5) is 0 Å². The summed E-state index contributed by atoms with van der Waals surface area (Å²) in [5, 5.41) is 6.96. The Kier molecular flexibility index (Phi) is 4.16. The Hall–Kier alpha value is -0.0600. The minimum absolute atomic E-state index is 0.182. The van der Waals surface area contributed by atoms with Gasteiger partial charge in [0.05, 0.1) is 10.7 Å². The van der Waals surface area contributed by atoms with E-state index in [0.29, 0.717) is 6.04 Å². The molecule has 2 atom stereocenters. The van der Waals surface area contributed by atoms with Crippen molar-refractivity contribution in [3.63, 3.8) is 0 Å². The van der Waals surface area contributed by atoms with Gasteiger partial charge in [0.15, 0.2) is 0 Å². The summed E-state index contributed by atoms with van der Waals surface area (Å²) in [4.78, 5) is 4.80. The molecule has 1 N–H and O–H groups in total. The van der Waals surface area contributed by atoms with Gasteiger partial charge in [0.1, 0.15) is 0 Å². The minimum Gasteiger partial charge on any atom is -0.316 e. The van der Waals surface area contributed by atoms with Gasteiger partial charge < -0.3 is 5.32 Å². The maximum Gasteiger partial charge on any atom is 0.0932 e. The summed E-state index contributed by atoms with van der Waals surface area (Å²) in [5.41, 5.74) is 1.42. The SMILES string of the molecule is CNC1CSCC1Cc1nc(C(C)(C)C)cs1. The van der Waals surface area contributed by atoms with Crippen molar-refractivity contribution in [1.82, 2.24) is 10.3 Å². The molecule has 1 aromatic rings. The minimum atomic E-state index is 0.182. The van der Waals surface area contributed by atoms with Gasteiger partial charge in [-0.1, -0.05) is 20.8 Å². The summed E-state index contributed by atoms with van der Waals surface area (Å²) in [6.45, 7) is 6.69. The van der Waals surface area contributed by atoms with Gasteiger partial charge in [-0.25, -0.2) is 4.98 Å². The zero-order chi connectivity index (χ0) is 12.5. The highest BCUT2D eigenvalue weighted by Gasteiger charge is 2.28. The van der Waals surface area contributed by atoms with E-state index >= 15 is 0 Å². The molecule has 0 saturated carbocycles. The van der Waals surface area contributed by atoms with Crippen LogP contribution in [0.3, 0.4) is 0 Å². The van der Waals surface area contributed by atoms with Gasteiger partial charge in [-0.3, -0.25) is 0 Å². The number of rotatable bonds is 3. The Labute approximate surface area is 113 Å². The lowest BCUT2D eigenvalue weighted by Gasteiger charge is -2.17. The Morgan fingerprint density at radius 2 is 2.18 bits per heavy atom. The number of aromatic nitrogens is 1. The first-order chi connectivity index (χ1) is 8.00. The Balaban J connectivity index is 2.02. The summed E-state index contributed by atoms with van der Waals surface area (Å²) in [7, 11) is 2.08. The molecule has 0 amide bonds. The Bertz CT molecular complexity index is 368. The summed E-state index contributed by atoms with van der Waals surface area (Å²) in [6, 6.07) is 0.669. The molecule has 2 rings (SSSR count). The van der Waals surface area contributed by atoms with Crippen molar-refractivity contribution < 1.29 is 0 Å². The predicted octanol–water partition coefficient (Wildman–Crippen LogP) is 2.93. The van der Waals surface area contributed by atoms with Crippen molar-refractivity contribution >= 4 is 23.1 Å². The predicted molar refractivity (Wildman–Crippen MR) is 78.2 cm³/mol. The smallest absolute Gasteiger partial charge is 0.0932 e. The number of nitrogens with zero attached hydrogens (tertiary/aromatic N) is 1. The number of hydrogen-bond acceptors (Lipinski definition) is 4. The normalized spacial score (nSPS) is 25.4. The van der Waals surface area contributed by atoms with Gasteiger partial charge in [0.25, 0.3) is 0 Å². The molecule has 1 aliphatic rings. The van der Waals surface area contributed by atoms with Crippen molar-refractivity contribution in [2.24, 2.45) is 5.92 Å². The number of thiazole rings is 1. The molecule has 96 valence electrons. The van der Waals surface area contributed by atoms with Crippen LogP contribution in [0, 0.1) is 5.92 Å². The third-order valence-corrected chi connectivity index (χ3v) is 5.46. The highest BCUT2D eigenvalue weighted by Crippen LogP contribution is 2.30. The zero-order valence-electron chi connectivity index (χ0n) is 11.1. The number of thioether (sulfide) groups is 1. The van der Waals surface area contributed by atoms with Crippen molar-refractivity contribution in [3.05, 3.63) is 16.1 Å². The molecule has 4 heteroatoms. The van der Waals surface area contributed by atoms with Crippen molar-refractivity contribution in [2.45, 2.75) is 38.6 Å². The molecule has 0 radical (unpaired) electrons. The van der Waals surface area contributed by atoms with Crippen LogP contribution in [0.2, 0.25) is 0 Å². The number of nitrogens with one attached hydrogen (secondary N) is 1. The molecule has 17 heavy (non-hydrogen) atoms. The lowest BCUT2D eigenvalue weighted by molar-refractivity contribution is 0.451. The summed E-state index contributed by atoms with van der Waals surface area (Å²) in [5.74, 6) is 3.28. The van der Waals surface area contributed by atoms with Crippen LogP contribution in [-0.4, -0.2) is 29.6 Å². The first kappa shape index (κ1) is 13.4. The third-order valence-electron chi connectivity index (χ3n) is 3.33. The zero-order valence-corrected chi connectivity index (χ0v) is 12.8. The number of hydrogen-bond donors (Lipinski definition) is 1. The second-order valence-electron chi connectivity index (χ2n) is 5.77. The molecule has 0 spiro atoms. The van der Waals surface area contributed by atoms with E-state index in [0.717, 1.165) is 12.3 Å². The van der Waals surface area contributed by atoms with Gasteiger partial charge >= 0.3 is 0 Å². The molecule has 0 aliphatic carbocycles. The molecule has 0 aromatic carbocycles. The third kappa shape index (κ3) is 3.24. The van der Waals surface area contributed by atoms with Crippen LogP contribution in [0.25, 0.3) is 0 Å². The van der Waals surface area contributed by atoms with Crippen LogP contribution < -0.4 is 5.32 Å². The van der Waals surface area contributed by atoms with Gasteiger partial charge in [-0.15, -0.1) is 11.3 Å². The monoisotopic (exact) mass is 270 g/mol. The van der Waals surface area contributed by atoms with E-state index < -0.39 is 0 Å². The molecule has 2 nitrogen and oxygen atoms in total. The van der Waals surface area contributed by atoms with Crippen molar-refractivity contribution in [1.29, 1.82) is 0 Å².